The van der Waals surface area contributed by atoms with Gasteiger partial charge in [-0.3, -0.25) is 0 Å². The lowest BCUT2D eigenvalue weighted by Crippen LogP contribution is -1.96. The number of benzene rings is 1. The predicted molar refractivity (Wildman–Crippen MR) is 81.9 cm³/mol. The van der Waals surface area contributed by atoms with Crippen LogP contribution in [0.4, 0.5) is 0 Å². The van der Waals surface area contributed by atoms with Crippen LogP contribution in [0.2, 0.25) is 0 Å². The van der Waals surface area contributed by atoms with E-state index in [-0.39, 0.29) is 5.97 Å². The van der Waals surface area contributed by atoms with Gasteiger partial charge in [-0.25, -0.2) is 14.8 Å². The van der Waals surface area contributed by atoms with E-state index in [1.165, 1.54) is 24.6 Å². The Labute approximate surface area is 127 Å². The molecule has 0 amide bonds. The number of aromatic nitrogens is 2. The highest BCUT2D eigenvalue weighted by Crippen LogP contribution is 2.32. The predicted octanol–water partition coefficient (Wildman–Crippen LogP) is 3.91. The van der Waals surface area contributed by atoms with E-state index in [1.54, 1.807) is 0 Å². The Morgan fingerprint density at radius 1 is 1.35 bits per heavy atom. The Balaban J connectivity index is 2.11. The summed E-state index contributed by atoms with van der Waals surface area (Å²) in [4.78, 5) is 20.8. The van der Waals surface area contributed by atoms with Crippen LogP contribution in [-0.4, -0.2) is 23.0 Å². The SMILES string of the molecule is COC(=O)c1cnc(-c2nc3ccccc3cc2Br)s1. The molecule has 4 nitrogen and oxygen atoms in total. The van der Waals surface area contributed by atoms with Gasteiger partial charge in [-0.1, -0.05) is 18.2 Å². The van der Waals surface area contributed by atoms with Crippen molar-refractivity contribution in [1.82, 2.24) is 9.97 Å². The molecule has 3 rings (SSSR count). The minimum atomic E-state index is -0.384. The Morgan fingerprint density at radius 2 is 2.15 bits per heavy atom. The van der Waals surface area contributed by atoms with Crippen LogP contribution in [0.15, 0.2) is 41.0 Å². The van der Waals surface area contributed by atoms with Crippen LogP contribution in [0, 0.1) is 0 Å². The molecule has 0 bridgehead atoms. The monoisotopic (exact) mass is 348 g/mol. The average molecular weight is 349 g/mol. The normalized spacial score (nSPS) is 10.7. The topological polar surface area (TPSA) is 52.1 Å². The number of hydrogen-bond acceptors (Lipinski definition) is 5. The van der Waals surface area contributed by atoms with E-state index < -0.39 is 0 Å². The molecule has 0 aliphatic rings. The van der Waals surface area contributed by atoms with Gasteiger partial charge in [0.2, 0.25) is 0 Å². The third-order valence-corrected chi connectivity index (χ3v) is 4.36. The molecule has 20 heavy (non-hydrogen) atoms. The summed E-state index contributed by atoms with van der Waals surface area (Å²) in [5.74, 6) is -0.384. The van der Waals surface area contributed by atoms with Crippen molar-refractivity contribution in [3.8, 4) is 10.7 Å². The number of thiazole rings is 1. The number of pyridine rings is 1. The van der Waals surface area contributed by atoms with Gasteiger partial charge >= 0.3 is 5.97 Å². The molecule has 2 aromatic heterocycles. The molecule has 0 saturated heterocycles. The van der Waals surface area contributed by atoms with E-state index in [0.29, 0.717) is 9.88 Å². The number of fused-ring (bicyclic) bond motifs is 1. The van der Waals surface area contributed by atoms with Crippen LogP contribution in [0.1, 0.15) is 9.67 Å². The number of ether oxygens (including phenoxy) is 1. The smallest absolute Gasteiger partial charge is 0.349 e. The molecule has 0 aliphatic carbocycles. The number of nitrogens with zero attached hydrogens (tertiary/aromatic N) is 2. The fourth-order valence-corrected chi connectivity index (χ4v) is 3.31. The molecule has 3 aromatic rings. The summed E-state index contributed by atoms with van der Waals surface area (Å²) < 4.78 is 5.53. The van der Waals surface area contributed by atoms with E-state index in [9.17, 15) is 4.79 Å². The maximum Gasteiger partial charge on any atom is 0.349 e. The van der Waals surface area contributed by atoms with Gasteiger partial charge in [0.25, 0.3) is 0 Å². The first-order valence-electron chi connectivity index (χ1n) is 5.79. The first-order valence-corrected chi connectivity index (χ1v) is 7.40. The van der Waals surface area contributed by atoms with E-state index in [0.717, 1.165) is 21.1 Å². The Hall–Kier alpha value is -1.79. The van der Waals surface area contributed by atoms with Crippen molar-refractivity contribution in [2.24, 2.45) is 0 Å². The molecular formula is C14H9BrN2O2S. The molecule has 100 valence electrons. The number of rotatable bonds is 2. The van der Waals surface area contributed by atoms with E-state index in [4.69, 9.17) is 0 Å². The summed E-state index contributed by atoms with van der Waals surface area (Å²) in [6.45, 7) is 0. The number of carbonyl (C=O) groups excluding carboxylic acids is 1. The van der Waals surface area contributed by atoms with Crippen molar-refractivity contribution in [2.75, 3.05) is 7.11 Å². The van der Waals surface area contributed by atoms with Crippen molar-refractivity contribution in [3.05, 3.63) is 45.9 Å². The van der Waals surface area contributed by atoms with Gasteiger partial charge in [-0.05, 0) is 28.1 Å². The fourth-order valence-electron chi connectivity index (χ4n) is 1.82. The zero-order chi connectivity index (χ0) is 14.1. The van der Waals surface area contributed by atoms with Crippen LogP contribution in [0.5, 0.6) is 0 Å². The van der Waals surface area contributed by atoms with Gasteiger partial charge in [0.15, 0.2) is 0 Å². The molecule has 6 heteroatoms. The fraction of sp³-hybridized carbons (Fsp3) is 0.0714. The lowest BCUT2D eigenvalue weighted by Gasteiger charge is -2.03. The molecule has 2 heterocycles. The van der Waals surface area contributed by atoms with E-state index in [2.05, 4.69) is 30.6 Å². The van der Waals surface area contributed by atoms with E-state index in [1.807, 2.05) is 30.3 Å². The summed E-state index contributed by atoms with van der Waals surface area (Å²) in [6, 6.07) is 9.85. The molecule has 0 atom stereocenters. The zero-order valence-electron chi connectivity index (χ0n) is 10.5. The van der Waals surface area contributed by atoms with Crippen LogP contribution < -0.4 is 0 Å². The average Bonchev–Trinajstić information content (AvgIpc) is 2.95. The van der Waals surface area contributed by atoms with Crippen LogP contribution >= 0.6 is 27.3 Å². The highest BCUT2D eigenvalue weighted by molar-refractivity contribution is 9.10. The molecule has 0 saturated carbocycles. The quantitative estimate of drug-likeness (QED) is 0.659. The third-order valence-electron chi connectivity index (χ3n) is 2.77. The molecular weight excluding hydrogens is 340 g/mol. The molecule has 1 aromatic carbocycles. The third kappa shape index (κ3) is 2.32. The maximum atomic E-state index is 11.5. The highest BCUT2D eigenvalue weighted by Gasteiger charge is 2.15. The van der Waals surface area contributed by atoms with Gasteiger partial charge in [0, 0.05) is 9.86 Å². The second kappa shape index (κ2) is 5.30. The summed E-state index contributed by atoms with van der Waals surface area (Å²) >= 11 is 4.77. The number of esters is 1. The van der Waals surface area contributed by atoms with Crippen LogP contribution in [0.25, 0.3) is 21.6 Å². The van der Waals surface area contributed by atoms with Gasteiger partial charge in [0.05, 0.1) is 18.8 Å². The molecule has 0 radical (unpaired) electrons. The first-order chi connectivity index (χ1) is 9.69. The van der Waals surface area contributed by atoms with Crippen molar-refractivity contribution < 1.29 is 9.53 Å². The largest absolute Gasteiger partial charge is 0.465 e. The van der Waals surface area contributed by atoms with Crippen molar-refractivity contribution in [2.45, 2.75) is 0 Å². The minimum absolute atomic E-state index is 0.384. The van der Waals surface area contributed by atoms with Crippen LogP contribution in [0.3, 0.4) is 0 Å². The van der Waals surface area contributed by atoms with Gasteiger partial charge in [-0.15, -0.1) is 11.3 Å². The number of methoxy groups -OCH3 is 1. The summed E-state index contributed by atoms with van der Waals surface area (Å²) in [6.07, 6.45) is 1.51. The lowest BCUT2D eigenvalue weighted by atomic mass is 10.2. The summed E-state index contributed by atoms with van der Waals surface area (Å²) in [5, 5.41) is 1.73. The number of carbonyl (C=O) groups is 1. The van der Waals surface area contributed by atoms with Crippen LogP contribution in [-0.2, 0) is 4.74 Å². The first kappa shape index (κ1) is 13.2. The van der Waals surface area contributed by atoms with E-state index >= 15 is 0 Å². The second-order valence-corrected chi connectivity index (χ2v) is 5.92. The van der Waals surface area contributed by atoms with Crippen molar-refractivity contribution in [1.29, 1.82) is 0 Å². The number of para-hydroxylation sites is 1. The summed E-state index contributed by atoms with van der Waals surface area (Å²) in [7, 11) is 1.35. The zero-order valence-corrected chi connectivity index (χ0v) is 12.9. The van der Waals surface area contributed by atoms with Gasteiger partial charge < -0.3 is 4.74 Å². The Morgan fingerprint density at radius 3 is 2.95 bits per heavy atom. The summed E-state index contributed by atoms with van der Waals surface area (Å²) in [5.41, 5.74) is 1.62. The highest BCUT2D eigenvalue weighted by atomic mass is 79.9. The standard InChI is InChI=1S/C14H9BrN2O2S/c1-19-14(18)11-7-16-13(20-11)12-9(15)6-8-4-2-3-5-10(8)17-12/h2-7H,1H3. The molecule has 0 aliphatic heterocycles. The van der Waals surface area contributed by atoms with Gasteiger partial charge in [0.1, 0.15) is 15.6 Å². The Bertz CT molecular complexity index is 801. The second-order valence-electron chi connectivity index (χ2n) is 4.03. The number of halogens is 1. The molecule has 0 fully saturated rings. The molecule has 0 N–H and O–H groups in total. The van der Waals surface area contributed by atoms with Crippen molar-refractivity contribution in [3.63, 3.8) is 0 Å². The van der Waals surface area contributed by atoms with Crippen molar-refractivity contribution >= 4 is 44.1 Å². The van der Waals surface area contributed by atoms with Gasteiger partial charge in [-0.2, -0.15) is 0 Å². The minimum Gasteiger partial charge on any atom is -0.465 e. The molecule has 0 unspecified atom stereocenters. The lowest BCUT2D eigenvalue weighted by molar-refractivity contribution is 0.0606. The Kier molecular flexibility index (Phi) is 3.50. The maximum absolute atomic E-state index is 11.5. The molecule has 0 spiro atoms. The number of hydrogen-bond donors (Lipinski definition) is 0.